The van der Waals surface area contributed by atoms with Crippen LogP contribution in [0, 0.1) is 5.92 Å². The van der Waals surface area contributed by atoms with Crippen LogP contribution in [0.25, 0.3) is 0 Å². The van der Waals surface area contributed by atoms with Gasteiger partial charge in [0, 0.05) is 30.8 Å². The third-order valence-corrected chi connectivity index (χ3v) is 5.56. The van der Waals surface area contributed by atoms with Crippen molar-refractivity contribution in [3.8, 4) is 0 Å². The zero-order valence-corrected chi connectivity index (χ0v) is 15.0. The first-order valence-corrected chi connectivity index (χ1v) is 9.74. The summed E-state index contributed by atoms with van der Waals surface area (Å²) in [6, 6.07) is 8.05. The van der Waals surface area contributed by atoms with E-state index in [0.29, 0.717) is 0 Å². The molecule has 1 aliphatic heterocycles. The van der Waals surface area contributed by atoms with E-state index in [2.05, 4.69) is 27.7 Å². The van der Waals surface area contributed by atoms with Crippen LogP contribution in [0.4, 0.5) is 10.5 Å². The third kappa shape index (κ3) is 5.44. The number of nitrogens with zero attached hydrogens (tertiary/aromatic N) is 1. The van der Waals surface area contributed by atoms with Crippen LogP contribution < -0.4 is 10.6 Å². The average molecular weight is 345 g/mol. The van der Waals surface area contributed by atoms with Crippen LogP contribution in [0.3, 0.4) is 0 Å². The van der Waals surface area contributed by atoms with Gasteiger partial charge in [0.25, 0.3) is 0 Å². The summed E-state index contributed by atoms with van der Waals surface area (Å²) >= 11 is 0. The lowest BCUT2D eigenvalue weighted by atomic mass is 9.85. The molecule has 2 atom stereocenters. The fourth-order valence-corrected chi connectivity index (χ4v) is 4.05. The molecule has 1 saturated carbocycles. The Morgan fingerprint density at radius 3 is 2.76 bits per heavy atom. The molecule has 25 heavy (non-hydrogen) atoms. The molecule has 1 aromatic rings. The average Bonchev–Trinajstić information content (AvgIpc) is 3.14. The normalized spacial score (nSPS) is 24.2. The van der Waals surface area contributed by atoms with Gasteiger partial charge in [-0.1, -0.05) is 25.0 Å². The number of amides is 2. The molecule has 1 aliphatic carbocycles. The van der Waals surface area contributed by atoms with E-state index in [1.165, 1.54) is 31.5 Å². The van der Waals surface area contributed by atoms with Crippen LogP contribution in [0.1, 0.15) is 44.1 Å². The minimum absolute atomic E-state index is 0.0806. The van der Waals surface area contributed by atoms with E-state index in [0.717, 1.165) is 44.3 Å². The predicted molar refractivity (Wildman–Crippen MR) is 101 cm³/mol. The second-order valence-corrected chi connectivity index (χ2v) is 7.43. The molecule has 1 aromatic carbocycles. The van der Waals surface area contributed by atoms with E-state index in [9.17, 15) is 9.90 Å². The van der Waals surface area contributed by atoms with E-state index >= 15 is 0 Å². The van der Waals surface area contributed by atoms with Gasteiger partial charge in [0.2, 0.25) is 0 Å². The summed E-state index contributed by atoms with van der Waals surface area (Å²) in [4.78, 5) is 14.8. The highest BCUT2D eigenvalue weighted by molar-refractivity contribution is 5.89. The maximum Gasteiger partial charge on any atom is 0.319 e. The van der Waals surface area contributed by atoms with Crippen molar-refractivity contribution < 1.29 is 9.90 Å². The van der Waals surface area contributed by atoms with Crippen molar-refractivity contribution in [3.05, 3.63) is 29.8 Å². The zero-order chi connectivity index (χ0) is 17.5. The van der Waals surface area contributed by atoms with Gasteiger partial charge in [0.15, 0.2) is 0 Å². The Morgan fingerprint density at radius 2 is 1.96 bits per heavy atom. The summed E-state index contributed by atoms with van der Waals surface area (Å²) < 4.78 is 0. The van der Waals surface area contributed by atoms with Crippen molar-refractivity contribution in [2.75, 3.05) is 31.6 Å². The van der Waals surface area contributed by atoms with Crippen LogP contribution in [0.15, 0.2) is 24.3 Å². The number of aliphatic hydroxyl groups excluding tert-OH is 1. The first kappa shape index (κ1) is 18.2. The largest absolute Gasteiger partial charge is 0.396 e. The number of likely N-dealkylation sites (tertiary alicyclic amines) is 1. The minimum atomic E-state index is -0.165. The molecule has 3 N–H and O–H groups in total. The topological polar surface area (TPSA) is 64.6 Å². The Labute approximate surface area is 150 Å². The van der Waals surface area contributed by atoms with Crippen molar-refractivity contribution in [2.45, 2.75) is 51.0 Å². The zero-order valence-electron chi connectivity index (χ0n) is 15.0. The van der Waals surface area contributed by atoms with Crippen molar-refractivity contribution in [1.82, 2.24) is 10.2 Å². The van der Waals surface area contributed by atoms with Crippen LogP contribution in [-0.4, -0.2) is 48.3 Å². The molecule has 2 amide bonds. The molecule has 2 aliphatic rings. The molecular formula is C20H31N3O2. The maximum atomic E-state index is 12.3. The van der Waals surface area contributed by atoms with Gasteiger partial charge in [-0.2, -0.15) is 0 Å². The first-order chi connectivity index (χ1) is 12.2. The molecule has 0 bridgehead atoms. The standard InChI is InChI=1S/C20H31N3O2/c24-15-17-7-1-2-9-19(17)22-20(25)21-18-8-5-6-16(14-18)10-13-23-11-3-4-12-23/h5-6,8,14,17,19,24H,1-4,7,9-13,15H2,(H2,21,22,25). The van der Waals surface area contributed by atoms with Gasteiger partial charge in [-0.25, -0.2) is 4.79 Å². The number of carbonyl (C=O) groups is 1. The number of carbonyl (C=O) groups excluding carboxylic acids is 1. The number of anilines is 1. The Kier molecular flexibility index (Phi) is 6.70. The second-order valence-electron chi connectivity index (χ2n) is 7.43. The molecule has 0 aromatic heterocycles. The molecule has 5 heteroatoms. The predicted octanol–water partition coefficient (Wildman–Crippen LogP) is 3.00. The number of rotatable bonds is 6. The molecule has 0 spiro atoms. The van der Waals surface area contributed by atoms with Crippen molar-refractivity contribution >= 4 is 11.7 Å². The van der Waals surface area contributed by atoms with Gasteiger partial charge in [-0.05, 0) is 62.9 Å². The van der Waals surface area contributed by atoms with Crippen LogP contribution >= 0.6 is 0 Å². The Bertz CT molecular complexity index is 558. The van der Waals surface area contributed by atoms with Gasteiger partial charge in [0.05, 0.1) is 0 Å². The number of hydrogen-bond donors (Lipinski definition) is 3. The molecule has 1 heterocycles. The summed E-state index contributed by atoms with van der Waals surface area (Å²) in [5.74, 6) is 0.186. The molecule has 3 rings (SSSR count). The fourth-order valence-electron chi connectivity index (χ4n) is 4.05. The summed E-state index contributed by atoms with van der Waals surface area (Å²) in [5.41, 5.74) is 2.10. The summed E-state index contributed by atoms with van der Waals surface area (Å²) in [5, 5.41) is 15.5. The number of hydrogen-bond acceptors (Lipinski definition) is 3. The van der Waals surface area contributed by atoms with Crippen molar-refractivity contribution in [3.63, 3.8) is 0 Å². The fraction of sp³-hybridized carbons (Fsp3) is 0.650. The SMILES string of the molecule is O=C(Nc1cccc(CCN2CCCC2)c1)NC1CCCCC1CO. The number of benzene rings is 1. The van der Waals surface area contributed by atoms with E-state index in [-0.39, 0.29) is 24.6 Å². The van der Waals surface area contributed by atoms with E-state index in [4.69, 9.17) is 0 Å². The molecular weight excluding hydrogens is 314 g/mol. The molecule has 5 nitrogen and oxygen atoms in total. The van der Waals surface area contributed by atoms with E-state index < -0.39 is 0 Å². The number of nitrogens with one attached hydrogen (secondary N) is 2. The van der Waals surface area contributed by atoms with Gasteiger partial charge in [-0.3, -0.25) is 0 Å². The van der Waals surface area contributed by atoms with Gasteiger partial charge in [-0.15, -0.1) is 0 Å². The number of aliphatic hydroxyl groups is 1. The van der Waals surface area contributed by atoms with Gasteiger partial charge < -0.3 is 20.6 Å². The quantitative estimate of drug-likeness (QED) is 0.743. The third-order valence-electron chi connectivity index (χ3n) is 5.56. The smallest absolute Gasteiger partial charge is 0.319 e. The minimum Gasteiger partial charge on any atom is -0.396 e. The summed E-state index contributed by atoms with van der Waals surface area (Å²) in [7, 11) is 0. The van der Waals surface area contributed by atoms with E-state index in [1.807, 2.05) is 12.1 Å². The lowest BCUT2D eigenvalue weighted by molar-refractivity contribution is 0.156. The molecule has 138 valence electrons. The first-order valence-electron chi connectivity index (χ1n) is 9.74. The van der Waals surface area contributed by atoms with Crippen LogP contribution in [0.2, 0.25) is 0 Å². The molecule has 2 unspecified atom stereocenters. The van der Waals surface area contributed by atoms with Crippen molar-refractivity contribution in [2.24, 2.45) is 5.92 Å². The monoisotopic (exact) mass is 345 g/mol. The highest BCUT2D eigenvalue weighted by Crippen LogP contribution is 2.24. The second kappa shape index (κ2) is 9.20. The molecule has 1 saturated heterocycles. The van der Waals surface area contributed by atoms with E-state index in [1.54, 1.807) is 0 Å². The summed E-state index contributed by atoms with van der Waals surface area (Å²) in [6.45, 7) is 3.67. The van der Waals surface area contributed by atoms with Crippen molar-refractivity contribution in [1.29, 1.82) is 0 Å². The van der Waals surface area contributed by atoms with Crippen LogP contribution in [0.5, 0.6) is 0 Å². The van der Waals surface area contributed by atoms with Crippen LogP contribution in [-0.2, 0) is 6.42 Å². The Morgan fingerprint density at radius 1 is 1.16 bits per heavy atom. The maximum absolute atomic E-state index is 12.3. The summed E-state index contributed by atoms with van der Waals surface area (Å²) in [6.07, 6.45) is 7.86. The van der Waals surface area contributed by atoms with Gasteiger partial charge >= 0.3 is 6.03 Å². The Hall–Kier alpha value is -1.59. The molecule has 2 fully saturated rings. The highest BCUT2D eigenvalue weighted by atomic mass is 16.3. The lowest BCUT2D eigenvalue weighted by Gasteiger charge is -2.30. The molecule has 0 radical (unpaired) electrons. The number of urea groups is 1. The highest BCUT2D eigenvalue weighted by Gasteiger charge is 2.25. The Balaban J connectivity index is 1.49. The van der Waals surface area contributed by atoms with Gasteiger partial charge in [0.1, 0.15) is 0 Å². The lowest BCUT2D eigenvalue weighted by Crippen LogP contribution is -2.45.